The Hall–Kier alpha value is -1.97. The molecular formula is C16H19N3O5S. The smallest absolute Gasteiger partial charge is 0.246 e. The Morgan fingerprint density at radius 2 is 2.12 bits per heavy atom. The van der Waals surface area contributed by atoms with E-state index in [2.05, 4.69) is 10.2 Å². The van der Waals surface area contributed by atoms with E-state index in [9.17, 15) is 8.42 Å². The van der Waals surface area contributed by atoms with Crippen LogP contribution in [-0.2, 0) is 21.2 Å². The van der Waals surface area contributed by atoms with Crippen LogP contribution in [0, 0.1) is 6.92 Å². The maximum Gasteiger partial charge on any atom is 0.246 e. The summed E-state index contributed by atoms with van der Waals surface area (Å²) in [6.45, 7) is 4.36. The molecule has 2 unspecified atom stereocenters. The number of morpholine rings is 1. The molecule has 1 fully saturated rings. The van der Waals surface area contributed by atoms with Crippen LogP contribution < -0.4 is 4.74 Å². The van der Waals surface area contributed by atoms with Crippen LogP contribution in [0.25, 0.3) is 0 Å². The second-order valence-corrected chi connectivity index (χ2v) is 8.22. The van der Waals surface area contributed by atoms with Crippen LogP contribution >= 0.6 is 0 Å². The summed E-state index contributed by atoms with van der Waals surface area (Å²) in [6.07, 6.45) is 0.232. The lowest BCUT2D eigenvalue weighted by atomic mass is 10.1. The average molecular weight is 365 g/mol. The molecule has 0 radical (unpaired) electrons. The number of ether oxygens (including phenoxy) is 2. The van der Waals surface area contributed by atoms with Crippen LogP contribution in [0.5, 0.6) is 5.75 Å². The summed E-state index contributed by atoms with van der Waals surface area (Å²) in [6, 6.07) is 5.02. The highest BCUT2D eigenvalue weighted by molar-refractivity contribution is 7.89. The number of aromatic nitrogens is 2. The van der Waals surface area contributed by atoms with Crippen molar-refractivity contribution in [2.24, 2.45) is 0 Å². The van der Waals surface area contributed by atoms with Crippen molar-refractivity contribution in [3.05, 3.63) is 35.5 Å². The molecule has 2 aliphatic heterocycles. The molecule has 0 spiro atoms. The summed E-state index contributed by atoms with van der Waals surface area (Å²) in [5.41, 5.74) is 0.922. The van der Waals surface area contributed by atoms with Crippen LogP contribution in [0.3, 0.4) is 0 Å². The molecule has 2 atom stereocenters. The fourth-order valence-corrected chi connectivity index (χ4v) is 4.62. The molecule has 134 valence electrons. The zero-order valence-corrected chi connectivity index (χ0v) is 14.8. The van der Waals surface area contributed by atoms with Gasteiger partial charge in [-0.05, 0) is 30.7 Å². The molecular weight excluding hydrogens is 346 g/mol. The number of benzene rings is 1. The summed E-state index contributed by atoms with van der Waals surface area (Å²) in [5.74, 6) is 1.48. The van der Waals surface area contributed by atoms with E-state index in [1.165, 1.54) is 4.31 Å². The van der Waals surface area contributed by atoms with Crippen molar-refractivity contribution in [3.8, 4) is 5.75 Å². The summed E-state index contributed by atoms with van der Waals surface area (Å²) < 4.78 is 44.1. The third kappa shape index (κ3) is 3.03. The zero-order valence-electron chi connectivity index (χ0n) is 14.0. The molecule has 9 heteroatoms. The molecule has 0 saturated carbocycles. The molecule has 2 aromatic rings. The predicted octanol–water partition coefficient (Wildman–Crippen LogP) is 1.46. The number of nitrogens with zero attached hydrogens (tertiary/aromatic N) is 3. The normalized spacial score (nSPS) is 24.1. The van der Waals surface area contributed by atoms with Crippen LogP contribution in [0.15, 0.2) is 27.5 Å². The van der Waals surface area contributed by atoms with Crippen molar-refractivity contribution < 1.29 is 22.3 Å². The quantitative estimate of drug-likeness (QED) is 0.813. The monoisotopic (exact) mass is 365 g/mol. The van der Waals surface area contributed by atoms with Gasteiger partial charge in [-0.15, -0.1) is 10.2 Å². The zero-order chi connectivity index (χ0) is 17.6. The number of sulfonamides is 1. The minimum atomic E-state index is -3.63. The first kappa shape index (κ1) is 16.5. The van der Waals surface area contributed by atoms with Gasteiger partial charge in [-0.1, -0.05) is 0 Å². The third-order valence-electron chi connectivity index (χ3n) is 4.35. The topological polar surface area (TPSA) is 94.8 Å². The Bertz CT molecular complexity index is 895. The van der Waals surface area contributed by atoms with Crippen molar-refractivity contribution in [3.63, 3.8) is 0 Å². The fraction of sp³-hybridized carbons (Fsp3) is 0.500. The summed E-state index contributed by atoms with van der Waals surface area (Å²) in [4.78, 5) is 0.270. The number of fused-ring (bicyclic) bond motifs is 1. The lowest BCUT2D eigenvalue weighted by molar-refractivity contribution is -0.0176. The molecule has 0 N–H and O–H groups in total. The highest BCUT2D eigenvalue weighted by Gasteiger charge is 2.34. The van der Waals surface area contributed by atoms with Crippen molar-refractivity contribution in [1.82, 2.24) is 14.5 Å². The van der Waals surface area contributed by atoms with Gasteiger partial charge in [0.15, 0.2) is 0 Å². The lowest BCUT2D eigenvalue weighted by Crippen LogP contribution is -2.42. The summed E-state index contributed by atoms with van der Waals surface area (Å²) in [7, 11) is -3.63. The van der Waals surface area contributed by atoms with E-state index in [-0.39, 0.29) is 30.7 Å². The highest BCUT2D eigenvalue weighted by atomic mass is 32.2. The van der Waals surface area contributed by atoms with Crippen LogP contribution in [-0.4, -0.2) is 48.7 Å². The Morgan fingerprint density at radius 3 is 2.88 bits per heavy atom. The molecule has 1 aromatic heterocycles. The van der Waals surface area contributed by atoms with Gasteiger partial charge in [-0.25, -0.2) is 8.42 Å². The average Bonchev–Trinajstić information content (AvgIpc) is 3.18. The van der Waals surface area contributed by atoms with E-state index >= 15 is 0 Å². The highest BCUT2D eigenvalue weighted by Crippen LogP contribution is 2.32. The second kappa shape index (κ2) is 6.08. The number of hydrogen-bond donors (Lipinski definition) is 0. The molecule has 0 amide bonds. The van der Waals surface area contributed by atoms with Crippen molar-refractivity contribution in [1.29, 1.82) is 0 Å². The van der Waals surface area contributed by atoms with Gasteiger partial charge in [-0.3, -0.25) is 0 Å². The molecule has 4 rings (SSSR count). The molecule has 8 nitrogen and oxygen atoms in total. The van der Waals surface area contributed by atoms with Crippen LogP contribution in [0.4, 0.5) is 0 Å². The molecule has 0 bridgehead atoms. The van der Waals surface area contributed by atoms with Gasteiger partial charge in [0.1, 0.15) is 18.0 Å². The van der Waals surface area contributed by atoms with E-state index in [4.69, 9.17) is 13.9 Å². The third-order valence-corrected chi connectivity index (χ3v) is 6.21. The first-order valence-electron chi connectivity index (χ1n) is 8.15. The first-order valence-corrected chi connectivity index (χ1v) is 9.59. The lowest BCUT2D eigenvalue weighted by Gasteiger charge is -2.30. The van der Waals surface area contributed by atoms with E-state index < -0.39 is 16.1 Å². The van der Waals surface area contributed by atoms with E-state index in [1.54, 1.807) is 25.1 Å². The van der Waals surface area contributed by atoms with Crippen LogP contribution in [0.2, 0.25) is 0 Å². The molecule has 3 heterocycles. The molecule has 0 aliphatic carbocycles. The first-order chi connectivity index (χ1) is 11.9. The second-order valence-electron chi connectivity index (χ2n) is 6.28. The Labute approximate surface area is 145 Å². The van der Waals surface area contributed by atoms with E-state index in [0.717, 1.165) is 11.3 Å². The molecule has 1 saturated heterocycles. The van der Waals surface area contributed by atoms with Crippen LogP contribution in [0.1, 0.15) is 30.4 Å². The molecule has 2 aliphatic rings. The number of rotatable bonds is 3. The Morgan fingerprint density at radius 1 is 1.28 bits per heavy atom. The van der Waals surface area contributed by atoms with Gasteiger partial charge in [0.25, 0.3) is 0 Å². The Balaban J connectivity index is 1.59. The SMILES string of the molecule is Cc1nnc(C2CN(S(=O)(=O)c3ccc4c(c3)CC(C)O4)CCO2)o1. The summed E-state index contributed by atoms with van der Waals surface area (Å²) >= 11 is 0. The van der Waals surface area contributed by atoms with Gasteiger partial charge in [0, 0.05) is 26.4 Å². The largest absolute Gasteiger partial charge is 0.490 e. The maximum absolute atomic E-state index is 13.0. The van der Waals surface area contributed by atoms with E-state index in [0.29, 0.717) is 18.2 Å². The van der Waals surface area contributed by atoms with Crippen molar-refractivity contribution in [2.45, 2.75) is 37.4 Å². The minimum absolute atomic E-state index is 0.0708. The number of aryl methyl sites for hydroxylation is 1. The number of hydrogen-bond acceptors (Lipinski definition) is 7. The van der Waals surface area contributed by atoms with Gasteiger partial charge >= 0.3 is 0 Å². The molecule has 1 aromatic carbocycles. The fourth-order valence-electron chi connectivity index (χ4n) is 3.14. The van der Waals surface area contributed by atoms with Gasteiger partial charge in [-0.2, -0.15) is 4.31 Å². The minimum Gasteiger partial charge on any atom is -0.490 e. The van der Waals surface area contributed by atoms with E-state index in [1.807, 2.05) is 6.92 Å². The van der Waals surface area contributed by atoms with Crippen molar-refractivity contribution >= 4 is 10.0 Å². The maximum atomic E-state index is 13.0. The molecule has 25 heavy (non-hydrogen) atoms. The Kier molecular flexibility index (Phi) is 4.01. The summed E-state index contributed by atoms with van der Waals surface area (Å²) in [5, 5.41) is 7.71. The van der Waals surface area contributed by atoms with Crippen molar-refractivity contribution in [2.75, 3.05) is 19.7 Å². The standard InChI is InChI=1S/C16H19N3O5S/c1-10-7-12-8-13(3-4-14(12)23-10)25(20,21)19-5-6-22-15(9-19)16-18-17-11(2)24-16/h3-4,8,10,15H,5-7,9H2,1-2H3. The van der Waals surface area contributed by atoms with Gasteiger partial charge < -0.3 is 13.9 Å². The van der Waals surface area contributed by atoms with Gasteiger partial charge in [0.2, 0.25) is 21.8 Å². The predicted molar refractivity (Wildman–Crippen MR) is 86.7 cm³/mol. The van der Waals surface area contributed by atoms with Gasteiger partial charge in [0.05, 0.1) is 11.5 Å².